The maximum absolute atomic E-state index is 8.85. The van der Waals surface area contributed by atoms with Crippen LogP contribution < -0.4 is 19.1 Å². The third-order valence-corrected chi connectivity index (χ3v) is 4.27. The second kappa shape index (κ2) is 6.91. The molecular weight excluding hydrogens is 326 g/mol. The zero-order valence-electron chi connectivity index (χ0n) is 13.1. The van der Waals surface area contributed by atoms with E-state index in [2.05, 4.69) is 20.1 Å². The summed E-state index contributed by atoms with van der Waals surface area (Å²) in [5.74, 6) is 1.72. The van der Waals surface area contributed by atoms with Crippen LogP contribution in [-0.4, -0.2) is 61.8 Å². The van der Waals surface area contributed by atoms with Crippen LogP contribution >= 0.6 is 0 Å². The van der Waals surface area contributed by atoms with Crippen LogP contribution in [0.2, 0.25) is 0 Å². The van der Waals surface area contributed by atoms with E-state index in [1.54, 1.807) is 14.2 Å². The number of methoxy groups -OCH3 is 2. The van der Waals surface area contributed by atoms with Crippen molar-refractivity contribution >= 4 is 16.3 Å². The van der Waals surface area contributed by atoms with E-state index >= 15 is 0 Å². The van der Waals surface area contributed by atoms with Gasteiger partial charge in [0.15, 0.2) is 10.3 Å². The van der Waals surface area contributed by atoms with Crippen molar-refractivity contribution in [2.24, 2.45) is 11.1 Å². The number of piperidine rings is 3. The number of ether oxygens (including phenoxy) is 2. The van der Waals surface area contributed by atoms with Gasteiger partial charge in [-0.25, -0.2) is 13.6 Å². The van der Waals surface area contributed by atoms with E-state index in [9.17, 15) is 0 Å². The van der Waals surface area contributed by atoms with Crippen molar-refractivity contribution < 1.29 is 22.4 Å². The second-order valence-electron chi connectivity index (χ2n) is 5.65. The van der Waals surface area contributed by atoms with Crippen LogP contribution in [0.25, 0.3) is 0 Å². The third kappa shape index (κ3) is 4.70. The van der Waals surface area contributed by atoms with Crippen LogP contribution in [0.5, 0.6) is 12.0 Å². The molecule has 0 spiro atoms. The van der Waals surface area contributed by atoms with E-state index in [1.165, 1.54) is 19.3 Å². The average molecular weight is 347 g/mol. The average Bonchev–Trinajstić information content (AvgIpc) is 2.54. The van der Waals surface area contributed by atoms with E-state index in [1.807, 2.05) is 0 Å². The minimum Gasteiger partial charge on any atom is -0.736 e. The lowest BCUT2D eigenvalue weighted by molar-refractivity contribution is 0.105. The lowest BCUT2D eigenvalue weighted by Crippen LogP contribution is -2.60. The molecule has 1 aromatic heterocycles. The summed E-state index contributed by atoms with van der Waals surface area (Å²) in [5.41, 5.74) is 0. The van der Waals surface area contributed by atoms with Crippen molar-refractivity contribution in [2.45, 2.75) is 19.3 Å². The van der Waals surface area contributed by atoms with Gasteiger partial charge in [0.25, 0.3) is 0 Å². The molecule has 1 aromatic rings. The molecule has 3 aliphatic rings. The van der Waals surface area contributed by atoms with Crippen LogP contribution in [0.4, 0.5) is 5.95 Å². The highest BCUT2D eigenvalue weighted by Crippen LogP contribution is 2.37. The first-order valence-electron chi connectivity index (χ1n) is 7.20. The lowest BCUT2D eigenvalue weighted by atomic mass is 9.86. The first-order valence-corrected chi connectivity index (χ1v) is 8.67. The molecule has 3 saturated heterocycles. The van der Waals surface area contributed by atoms with Gasteiger partial charge in [-0.3, -0.25) is 4.48 Å². The Morgan fingerprint density at radius 1 is 1.04 bits per heavy atom. The molecule has 0 amide bonds. The molecule has 11 heteroatoms. The number of nitrogens with zero attached hydrogens (tertiary/aromatic N) is 4. The fourth-order valence-corrected chi connectivity index (χ4v) is 3.08. The van der Waals surface area contributed by atoms with Crippen molar-refractivity contribution in [3.63, 3.8) is 0 Å². The Morgan fingerprint density at radius 2 is 1.43 bits per heavy atom. The third-order valence-electron chi connectivity index (χ3n) is 4.27. The summed E-state index contributed by atoms with van der Waals surface area (Å²) in [7, 11) is -1.28. The minimum absolute atomic E-state index is 0.344. The summed E-state index contributed by atoms with van der Waals surface area (Å²) in [6.45, 7) is 3.38. The SMILES string of the molecule is COc1nc(OC)nc([N+]23CCC(CC2)CC3)n1.NS(=O)(=O)[O-]. The van der Waals surface area contributed by atoms with Gasteiger partial charge in [-0.15, -0.1) is 15.0 Å². The predicted octanol–water partition coefficient (Wildman–Crippen LogP) is -0.585. The van der Waals surface area contributed by atoms with Gasteiger partial charge >= 0.3 is 18.0 Å². The van der Waals surface area contributed by atoms with Crippen molar-refractivity contribution in [1.82, 2.24) is 19.4 Å². The molecule has 10 nitrogen and oxygen atoms in total. The Morgan fingerprint density at radius 3 is 1.78 bits per heavy atom. The maximum atomic E-state index is 8.85. The maximum Gasteiger partial charge on any atom is 0.338 e. The fourth-order valence-electron chi connectivity index (χ4n) is 3.08. The Hall–Kier alpha value is -1.56. The molecule has 0 atom stereocenters. The topological polar surface area (TPSA) is 140 Å². The van der Waals surface area contributed by atoms with Crippen molar-refractivity contribution in [3.05, 3.63) is 0 Å². The molecule has 2 bridgehead atoms. The molecule has 23 heavy (non-hydrogen) atoms. The van der Waals surface area contributed by atoms with E-state index in [0.29, 0.717) is 12.0 Å². The number of hydrogen-bond acceptors (Lipinski definition) is 8. The van der Waals surface area contributed by atoms with Gasteiger partial charge in [0.1, 0.15) is 0 Å². The molecule has 4 heterocycles. The minimum atomic E-state index is -4.42. The summed E-state index contributed by atoms with van der Waals surface area (Å²) < 4.78 is 37.7. The summed E-state index contributed by atoms with van der Waals surface area (Å²) in [5, 5.41) is 3.77. The molecular formula is C12H21N5O5S. The molecule has 3 aliphatic heterocycles. The molecule has 4 rings (SSSR count). The van der Waals surface area contributed by atoms with Gasteiger partial charge in [0, 0.05) is 19.3 Å². The molecule has 0 radical (unpaired) electrons. The highest BCUT2D eigenvalue weighted by atomic mass is 32.2. The first kappa shape index (κ1) is 17.8. The Bertz CT molecular complexity index is 601. The fraction of sp³-hybridized carbons (Fsp3) is 0.750. The van der Waals surface area contributed by atoms with Crippen molar-refractivity contribution in [3.8, 4) is 12.0 Å². The monoisotopic (exact) mass is 347 g/mol. The smallest absolute Gasteiger partial charge is 0.338 e. The largest absolute Gasteiger partial charge is 0.736 e. The van der Waals surface area contributed by atoms with Crippen molar-refractivity contribution in [2.75, 3.05) is 33.9 Å². The predicted molar refractivity (Wildman–Crippen MR) is 80.6 cm³/mol. The number of hydrogen-bond donors (Lipinski definition) is 1. The quantitative estimate of drug-likeness (QED) is 0.565. The summed E-state index contributed by atoms with van der Waals surface area (Å²) in [6.07, 6.45) is 3.82. The van der Waals surface area contributed by atoms with Gasteiger partial charge in [-0.1, -0.05) is 0 Å². The van der Waals surface area contributed by atoms with E-state index in [0.717, 1.165) is 36.0 Å². The Balaban J connectivity index is 0.000000338. The molecule has 0 aliphatic carbocycles. The van der Waals surface area contributed by atoms with E-state index in [4.69, 9.17) is 22.4 Å². The summed E-state index contributed by atoms with van der Waals surface area (Å²) >= 11 is 0. The van der Waals surface area contributed by atoms with Gasteiger partial charge in [-0.2, -0.15) is 0 Å². The summed E-state index contributed by atoms with van der Waals surface area (Å²) in [4.78, 5) is 12.9. The molecule has 0 aromatic carbocycles. The molecule has 3 fully saturated rings. The van der Waals surface area contributed by atoms with Gasteiger partial charge in [0.2, 0.25) is 0 Å². The molecule has 0 saturated carbocycles. The van der Waals surface area contributed by atoms with Crippen LogP contribution in [0.3, 0.4) is 0 Å². The van der Waals surface area contributed by atoms with Gasteiger partial charge in [0.05, 0.1) is 33.9 Å². The van der Waals surface area contributed by atoms with Crippen LogP contribution in [0, 0.1) is 5.92 Å². The van der Waals surface area contributed by atoms with Crippen LogP contribution in [0.15, 0.2) is 0 Å². The Labute approximate surface area is 135 Å². The highest BCUT2D eigenvalue weighted by Gasteiger charge is 2.44. The number of fused-ring (bicyclic) bond motifs is 3. The zero-order valence-corrected chi connectivity index (χ0v) is 14.0. The van der Waals surface area contributed by atoms with Crippen LogP contribution in [0.1, 0.15) is 19.3 Å². The van der Waals surface area contributed by atoms with Gasteiger partial charge in [-0.05, 0) is 5.92 Å². The van der Waals surface area contributed by atoms with E-state index < -0.39 is 10.3 Å². The standard InChI is InChI=1S/C12H19N4O2.H3NO3S/c1-17-11-13-10(14-12(15-11)18-2)16-6-3-9(4-7-16)5-8-16;1-5(2,3)4/h9H,3-8H2,1-2H3;(H3,1,2,3,4)/q+1;/p-1. The second-order valence-corrected chi connectivity index (χ2v) is 6.64. The van der Waals surface area contributed by atoms with Crippen molar-refractivity contribution in [1.29, 1.82) is 0 Å². The first-order chi connectivity index (χ1) is 10.8. The molecule has 130 valence electrons. The lowest BCUT2D eigenvalue weighted by Gasteiger charge is -2.46. The highest BCUT2D eigenvalue weighted by molar-refractivity contribution is 7.83. The normalized spacial score (nSPS) is 26.2. The van der Waals surface area contributed by atoms with Gasteiger partial charge < -0.3 is 14.0 Å². The molecule has 2 N–H and O–H groups in total. The van der Waals surface area contributed by atoms with E-state index in [-0.39, 0.29) is 0 Å². The zero-order chi connectivity index (χ0) is 17.1. The van der Waals surface area contributed by atoms with Crippen LogP contribution in [-0.2, 0) is 10.3 Å². The number of nitrogens with two attached hydrogens (primary N) is 1. The number of quaternary nitrogens is 1. The molecule has 0 unspecified atom stereocenters. The summed E-state index contributed by atoms with van der Waals surface area (Å²) in [6, 6.07) is 0.689. The number of aromatic nitrogens is 3. The number of rotatable bonds is 3. The Kier molecular flexibility index (Phi) is 5.34.